The number of carbonyl (C=O) groups excluding carboxylic acids is 1. The van der Waals surface area contributed by atoms with Crippen LogP contribution in [0.5, 0.6) is 0 Å². The van der Waals surface area contributed by atoms with Gasteiger partial charge in [-0.25, -0.2) is 0 Å². The van der Waals surface area contributed by atoms with Crippen LogP contribution in [0.3, 0.4) is 0 Å². The van der Waals surface area contributed by atoms with Gasteiger partial charge in [0.05, 0.1) is 0 Å². The molecule has 0 spiro atoms. The van der Waals surface area contributed by atoms with Gasteiger partial charge in [0.2, 0.25) is 0 Å². The summed E-state index contributed by atoms with van der Waals surface area (Å²) >= 11 is -0.999. The van der Waals surface area contributed by atoms with Gasteiger partial charge in [0.1, 0.15) is 0 Å². The summed E-state index contributed by atoms with van der Waals surface area (Å²) in [6.07, 6.45) is 3.61. The van der Waals surface area contributed by atoms with E-state index in [0.717, 1.165) is 23.2 Å². The number of rotatable bonds is 5. The molecule has 1 aromatic heterocycles. The summed E-state index contributed by atoms with van der Waals surface area (Å²) in [5.41, 5.74) is 2.71. The van der Waals surface area contributed by atoms with Crippen molar-refractivity contribution >= 4 is 25.8 Å². The van der Waals surface area contributed by atoms with Crippen LogP contribution in [0.2, 0.25) is 0 Å². The van der Waals surface area contributed by atoms with Gasteiger partial charge in [-0.1, -0.05) is 0 Å². The standard InChI is InChI=1S/C17H21IN2O2/c1-5-13-10-19-11-20-16(13)17(22-12(2)21)14-6-8-15(9-7-14)18(3)4/h6-11,17H,5H2,1-4H3. The molecule has 0 saturated carbocycles. The molecular formula is C17H21IN2O2. The van der Waals surface area contributed by atoms with Gasteiger partial charge in [-0.3, -0.25) is 0 Å². The minimum absolute atomic E-state index is 0.311. The second-order valence-corrected chi connectivity index (χ2v) is 10.6. The fourth-order valence-electron chi connectivity index (χ4n) is 2.21. The molecule has 118 valence electrons. The first-order valence-corrected chi connectivity index (χ1v) is 12.5. The first kappa shape index (κ1) is 16.9. The number of alkyl halides is 2. The van der Waals surface area contributed by atoms with Crippen molar-refractivity contribution in [2.24, 2.45) is 0 Å². The van der Waals surface area contributed by atoms with E-state index in [1.807, 2.05) is 19.1 Å². The van der Waals surface area contributed by atoms with Crippen LogP contribution < -0.4 is 0 Å². The monoisotopic (exact) mass is 412 g/mol. The number of ether oxygens (including phenoxy) is 1. The average Bonchev–Trinajstić information content (AvgIpc) is 2.52. The van der Waals surface area contributed by atoms with Crippen LogP contribution in [0.15, 0.2) is 36.8 Å². The minimum atomic E-state index is -0.999. The molecule has 0 aliphatic carbocycles. The summed E-state index contributed by atoms with van der Waals surface area (Å²) in [5.74, 6) is -0.311. The zero-order valence-corrected chi connectivity index (χ0v) is 15.5. The van der Waals surface area contributed by atoms with Gasteiger partial charge in [-0.15, -0.1) is 0 Å². The van der Waals surface area contributed by atoms with E-state index >= 15 is 0 Å². The van der Waals surface area contributed by atoms with Crippen LogP contribution in [0.25, 0.3) is 0 Å². The number of benzene rings is 1. The summed E-state index contributed by atoms with van der Waals surface area (Å²) < 4.78 is 6.96. The fourth-order valence-corrected chi connectivity index (χ4v) is 4.01. The molecule has 0 saturated heterocycles. The van der Waals surface area contributed by atoms with Crippen LogP contribution in [-0.4, -0.2) is 25.8 Å². The molecule has 0 bridgehead atoms. The van der Waals surface area contributed by atoms with E-state index in [2.05, 4.69) is 32.0 Å². The van der Waals surface area contributed by atoms with E-state index in [1.54, 1.807) is 6.20 Å². The topological polar surface area (TPSA) is 52.1 Å². The molecule has 4 nitrogen and oxygen atoms in total. The molecule has 0 aliphatic heterocycles. The molecule has 0 N–H and O–H groups in total. The normalized spacial score (nSPS) is 12.6. The van der Waals surface area contributed by atoms with Crippen molar-refractivity contribution in [1.29, 1.82) is 0 Å². The van der Waals surface area contributed by atoms with Gasteiger partial charge in [0.15, 0.2) is 0 Å². The number of aromatic nitrogens is 2. The molecule has 0 fully saturated rings. The third kappa shape index (κ3) is 4.03. The summed E-state index contributed by atoms with van der Waals surface area (Å²) in [5, 5.41) is 0. The van der Waals surface area contributed by atoms with Crippen LogP contribution in [0.4, 0.5) is 0 Å². The quantitative estimate of drug-likeness (QED) is 0.428. The number of esters is 1. The molecule has 1 unspecified atom stereocenters. The number of carbonyl (C=O) groups is 1. The Labute approximate surface area is 138 Å². The van der Waals surface area contributed by atoms with Gasteiger partial charge >= 0.3 is 139 Å². The predicted octanol–water partition coefficient (Wildman–Crippen LogP) is 3.63. The maximum atomic E-state index is 11.5. The summed E-state index contributed by atoms with van der Waals surface area (Å²) in [7, 11) is 0. The Morgan fingerprint density at radius 2 is 1.95 bits per heavy atom. The predicted molar refractivity (Wildman–Crippen MR) is 96.0 cm³/mol. The molecule has 1 heterocycles. The molecule has 2 rings (SSSR count). The third-order valence-corrected chi connectivity index (χ3v) is 6.56. The number of halogens is 1. The molecule has 0 aliphatic rings. The van der Waals surface area contributed by atoms with Crippen molar-refractivity contribution in [2.75, 3.05) is 9.86 Å². The average molecular weight is 412 g/mol. The van der Waals surface area contributed by atoms with Crippen LogP contribution in [0.1, 0.15) is 36.8 Å². The first-order valence-electron chi connectivity index (χ1n) is 7.09. The molecule has 1 atom stereocenters. The Morgan fingerprint density at radius 1 is 1.27 bits per heavy atom. The number of hydrogen-bond acceptors (Lipinski definition) is 4. The zero-order valence-electron chi connectivity index (χ0n) is 13.3. The molecule has 1 aromatic carbocycles. The van der Waals surface area contributed by atoms with Crippen molar-refractivity contribution in [3.63, 3.8) is 0 Å². The van der Waals surface area contributed by atoms with Crippen LogP contribution in [0, 0.1) is 3.57 Å². The molecule has 22 heavy (non-hydrogen) atoms. The summed E-state index contributed by atoms with van der Waals surface area (Å²) in [6.45, 7) is 3.47. The molecule has 0 amide bonds. The SMILES string of the molecule is CCc1cncnc1C(OC(C)=O)c1ccc(I(C)C)cc1. The Kier molecular flexibility index (Phi) is 5.88. The third-order valence-electron chi connectivity index (χ3n) is 3.35. The van der Waals surface area contributed by atoms with Gasteiger partial charge in [-0.05, 0) is 0 Å². The molecular weight excluding hydrogens is 391 g/mol. The Balaban J connectivity index is 2.43. The van der Waals surface area contributed by atoms with E-state index in [1.165, 1.54) is 16.8 Å². The summed E-state index contributed by atoms with van der Waals surface area (Å²) in [6, 6.07) is 8.37. The second-order valence-electron chi connectivity index (χ2n) is 5.08. The van der Waals surface area contributed by atoms with E-state index in [0.29, 0.717) is 0 Å². The molecule has 0 radical (unpaired) electrons. The van der Waals surface area contributed by atoms with Gasteiger partial charge < -0.3 is 0 Å². The number of hydrogen-bond donors (Lipinski definition) is 0. The van der Waals surface area contributed by atoms with Crippen molar-refractivity contribution in [1.82, 2.24) is 9.97 Å². The second kappa shape index (κ2) is 7.67. The van der Waals surface area contributed by atoms with Crippen LogP contribution >= 0.6 is 19.8 Å². The van der Waals surface area contributed by atoms with Crippen molar-refractivity contribution in [3.05, 3.63) is 57.2 Å². The molecule has 2 aromatic rings. The molecule has 5 heteroatoms. The zero-order chi connectivity index (χ0) is 16.1. The van der Waals surface area contributed by atoms with E-state index in [9.17, 15) is 4.79 Å². The van der Waals surface area contributed by atoms with Crippen molar-refractivity contribution in [3.8, 4) is 0 Å². The van der Waals surface area contributed by atoms with Gasteiger partial charge in [0.25, 0.3) is 0 Å². The number of nitrogens with zero attached hydrogens (tertiary/aromatic N) is 2. The van der Waals surface area contributed by atoms with Crippen molar-refractivity contribution in [2.45, 2.75) is 26.4 Å². The van der Waals surface area contributed by atoms with E-state index in [-0.39, 0.29) is 5.97 Å². The van der Waals surface area contributed by atoms with E-state index < -0.39 is 25.9 Å². The van der Waals surface area contributed by atoms with Crippen molar-refractivity contribution < 1.29 is 9.53 Å². The first-order chi connectivity index (χ1) is 10.5. The number of aryl methyl sites for hydroxylation is 1. The Bertz CT molecular complexity index is 641. The Hall–Kier alpha value is -1.50. The fraction of sp³-hybridized carbons (Fsp3) is 0.353. The van der Waals surface area contributed by atoms with Gasteiger partial charge in [-0.2, -0.15) is 0 Å². The van der Waals surface area contributed by atoms with Crippen LogP contribution in [-0.2, 0) is 16.0 Å². The van der Waals surface area contributed by atoms with E-state index in [4.69, 9.17) is 4.74 Å². The Morgan fingerprint density at radius 3 is 2.50 bits per heavy atom. The van der Waals surface area contributed by atoms with Gasteiger partial charge in [0, 0.05) is 0 Å². The maximum absolute atomic E-state index is 11.5. The summed E-state index contributed by atoms with van der Waals surface area (Å²) in [4.78, 5) is 24.6.